The Hall–Kier alpha value is -2.54. The van der Waals surface area contributed by atoms with Gasteiger partial charge in [-0.15, -0.1) is 0 Å². The van der Waals surface area contributed by atoms with Crippen LogP contribution in [0.25, 0.3) is 0 Å². The first-order valence-electron chi connectivity index (χ1n) is 6.85. The van der Waals surface area contributed by atoms with Crippen molar-refractivity contribution in [1.29, 1.82) is 0 Å². The number of rotatable bonds is 5. The monoisotopic (exact) mass is 303 g/mol. The van der Waals surface area contributed by atoms with E-state index in [4.69, 9.17) is 15.2 Å². The predicted octanol–water partition coefficient (Wildman–Crippen LogP) is 2.57. The fourth-order valence-electron chi connectivity index (χ4n) is 1.61. The van der Waals surface area contributed by atoms with Crippen LogP contribution in [0.4, 0.5) is 11.5 Å². The van der Waals surface area contributed by atoms with Gasteiger partial charge in [-0.3, -0.25) is 0 Å². The molecule has 7 heteroatoms. The molecule has 0 unspecified atom stereocenters. The van der Waals surface area contributed by atoms with Crippen molar-refractivity contribution in [3.05, 3.63) is 30.6 Å². The van der Waals surface area contributed by atoms with Crippen molar-refractivity contribution >= 4 is 11.5 Å². The van der Waals surface area contributed by atoms with Gasteiger partial charge < -0.3 is 20.6 Å². The van der Waals surface area contributed by atoms with Crippen molar-refractivity contribution in [2.45, 2.75) is 26.3 Å². The van der Waals surface area contributed by atoms with E-state index in [9.17, 15) is 0 Å². The first kappa shape index (κ1) is 15.8. The molecular formula is C15H21N5O2. The van der Waals surface area contributed by atoms with Gasteiger partial charge in [0.2, 0.25) is 5.88 Å². The predicted molar refractivity (Wildman–Crippen MR) is 86.0 cm³/mol. The maximum Gasteiger partial charge on any atom is 0.248 e. The second kappa shape index (κ2) is 6.48. The van der Waals surface area contributed by atoms with Gasteiger partial charge in [0.15, 0.2) is 17.3 Å². The van der Waals surface area contributed by atoms with E-state index in [-0.39, 0.29) is 11.4 Å². The molecule has 0 amide bonds. The van der Waals surface area contributed by atoms with Crippen molar-refractivity contribution in [2.75, 3.05) is 18.3 Å². The van der Waals surface area contributed by atoms with Gasteiger partial charge in [0, 0.05) is 5.54 Å². The second-order valence-electron chi connectivity index (χ2n) is 5.69. The van der Waals surface area contributed by atoms with Gasteiger partial charge in [-0.05, 0) is 32.9 Å². The average molecular weight is 303 g/mol. The van der Waals surface area contributed by atoms with Gasteiger partial charge in [-0.2, -0.15) is 4.98 Å². The lowest BCUT2D eigenvalue weighted by atomic mass is 10.1. The minimum atomic E-state index is -0.138. The molecule has 7 nitrogen and oxygen atoms in total. The third-order valence-corrected chi connectivity index (χ3v) is 2.68. The number of nitrogens with two attached hydrogens (primary N) is 1. The minimum absolute atomic E-state index is 0.138. The molecule has 0 saturated carbocycles. The number of nitrogen functional groups attached to an aromatic ring is 1. The third-order valence-electron chi connectivity index (χ3n) is 2.68. The first-order chi connectivity index (χ1) is 10.4. The van der Waals surface area contributed by atoms with E-state index in [1.807, 2.05) is 32.9 Å². The van der Waals surface area contributed by atoms with Gasteiger partial charge in [-0.25, -0.2) is 10.4 Å². The highest BCUT2D eigenvalue weighted by atomic mass is 16.5. The maximum absolute atomic E-state index is 6.06. The first-order valence-corrected chi connectivity index (χ1v) is 6.85. The number of anilines is 2. The van der Waals surface area contributed by atoms with E-state index < -0.39 is 0 Å². The van der Waals surface area contributed by atoms with Crippen molar-refractivity contribution in [3.8, 4) is 17.4 Å². The maximum atomic E-state index is 6.06. The molecule has 0 fully saturated rings. The molecule has 1 aromatic carbocycles. The summed E-state index contributed by atoms with van der Waals surface area (Å²) in [6.45, 7) is 6.05. The lowest BCUT2D eigenvalue weighted by molar-refractivity contribution is 0.374. The molecule has 0 bridgehead atoms. The van der Waals surface area contributed by atoms with E-state index in [1.54, 1.807) is 19.2 Å². The Kier molecular flexibility index (Phi) is 4.67. The zero-order chi connectivity index (χ0) is 16.2. The van der Waals surface area contributed by atoms with E-state index in [0.717, 1.165) is 0 Å². The Morgan fingerprint density at radius 3 is 2.41 bits per heavy atom. The Morgan fingerprint density at radius 1 is 1.09 bits per heavy atom. The molecule has 0 aliphatic carbocycles. The molecule has 2 rings (SSSR count). The highest BCUT2D eigenvalue weighted by Crippen LogP contribution is 2.34. The Labute approximate surface area is 129 Å². The number of aromatic nitrogens is 2. The van der Waals surface area contributed by atoms with Crippen LogP contribution >= 0.6 is 0 Å². The fraction of sp³-hybridized carbons (Fsp3) is 0.333. The summed E-state index contributed by atoms with van der Waals surface area (Å²) in [6.07, 6.45) is 1.38. The Bertz CT molecular complexity index is 640. The second-order valence-corrected chi connectivity index (χ2v) is 5.69. The highest BCUT2D eigenvalue weighted by molar-refractivity contribution is 5.66. The molecule has 0 radical (unpaired) electrons. The minimum Gasteiger partial charge on any atom is -0.493 e. The normalized spacial score (nSPS) is 11.1. The van der Waals surface area contributed by atoms with Crippen LogP contribution in [-0.2, 0) is 0 Å². The molecule has 22 heavy (non-hydrogen) atoms. The number of para-hydroxylation sites is 2. The van der Waals surface area contributed by atoms with Crippen molar-refractivity contribution < 1.29 is 9.47 Å². The topological polar surface area (TPSA) is 94.3 Å². The number of methoxy groups -OCH3 is 1. The van der Waals surface area contributed by atoms with Gasteiger partial charge >= 0.3 is 0 Å². The summed E-state index contributed by atoms with van der Waals surface area (Å²) in [6, 6.07) is 7.28. The Balaban J connectivity index is 2.22. The summed E-state index contributed by atoms with van der Waals surface area (Å²) in [5.41, 5.74) is 12.3. The number of ether oxygens (including phenoxy) is 2. The highest BCUT2D eigenvalue weighted by Gasteiger charge is 2.14. The summed E-state index contributed by atoms with van der Waals surface area (Å²) in [5.74, 6) is 1.85. The number of hydrazine groups is 1. The summed E-state index contributed by atoms with van der Waals surface area (Å²) >= 11 is 0. The van der Waals surface area contributed by atoms with Crippen LogP contribution in [0.2, 0.25) is 0 Å². The van der Waals surface area contributed by atoms with Gasteiger partial charge in [0.1, 0.15) is 12.0 Å². The zero-order valence-electron chi connectivity index (χ0n) is 13.2. The number of nitrogens with one attached hydrogen (secondary N) is 2. The number of hydrogen-bond donors (Lipinski definition) is 3. The van der Waals surface area contributed by atoms with Crippen LogP contribution in [-0.4, -0.2) is 22.6 Å². The third kappa shape index (κ3) is 3.98. The SMILES string of the molecule is COc1ccccc1Oc1ncnc(NNC(C)(C)C)c1N. The van der Waals surface area contributed by atoms with Crippen molar-refractivity contribution in [2.24, 2.45) is 0 Å². The molecule has 0 spiro atoms. The largest absolute Gasteiger partial charge is 0.493 e. The van der Waals surface area contributed by atoms with E-state index in [2.05, 4.69) is 20.8 Å². The van der Waals surface area contributed by atoms with E-state index >= 15 is 0 Å². The quantitative estimate of drug-likeness (QED) is 0.731. The molecule has 1 aromatic heterocycles. The molecule has 4 N–H and O–H groups in total. The van der Waals surface area contributed by atoms with Crippen molar-refractivity contribution in [3.63, 3.8) is 0 Å². The van der Waals surface area contributed by atoms with E-state index in [1.165, 1.54) is 6.33 Å². The average Bonchev–Trinajstić information content (AvgIpc) is 2.48. The van der Waals surface area contributed by atoms with E-state index in [0.29, 0.717) is 23.0 Å². The van der Waals surface area contributed by atoms with Crippen LogP contribution in [0.15, 0.2) is 30.6 Å². The van der Waals surface area contributed by atoms with Gasteiger partial charge in [0.25, 0.3) is 0 Å². The smallest absolute Gasteiger partial charge is 0.248 e. The molecule has 0 saturated heterocycles. The van der Waals surface area contributed by atoms with Crippen LogP contribution in [0.5, 0.6) is 17.4 Å². The van der Waals surface area contributed by atoms with Crippen LogP contribution in [0, 0.1) is 0 Å². The number of nitrogens with zero attached hydrogens (tertiary/aromatic N) is 2. The van der Waals surface area contributed by atoms with Crippen LogP contribution in [0.3, 0.4) is 0 Å². The van der Waals surface area contributed by atoms with Crippen LogP contribution in [0.1, 0.15) is 20.8 Å². The molecule has 0 atom stereocenters. The molecule has 0 aliphatic heterocycles. The zero-order valence-corrected chi connectivity index (χ0v) is 13.2. The molecule has 118 valence electrons. The number of hydrogen-bond acceptors (Lipinski definition) is 7. The molecule has 0 aliphatic rings. The summed E-state index contributed by atoms with van der Waals surface area (Å²) < 4.78 is 11.0. The lowest BCUT2D eigenvalue weighted by Gasteiger charge is -2.22. The van der Waals surface area contributed by atoms with Crippen molar-refractivity contribution in [1.82, 2.24) is 15.4 Å². The lowest BCUT2D eigenvalue weighted by Crippen LogP contribution is -2.40. The summed E-state index contributed by atoms with van der Waals surface area (Å²) in [7, 11) is 1.58. The fourth-order valence-corrected chi connectivity index (χ4v) is 1.61. The van der Waals surface area contributed by atoms with Gasteiger partial charge in [-0.1, -0.05) is 12.1 Å². The summed E-state index contributed by atoms with van der Waals surface area (Å²) in [5, 5.41) is 0. The van der Waals surface area contributed by atoms with Gasteiger partial charge in [0.05, 0.1) is 7.11 Å². The molecule has 2 aromatic rings. The number of benzene rings is 1. The summed E-state index contributed by atoms with van der Waals surface area (Å²) in [4.78, 5) is 8.18. The Morgan fingerprint density at radius 2 is 1.77 bits per heavy atom. The standard InChI is InChI=1S/C15H21N5O2/c1-15(2,3)20-19-13-12(16)14(18-9-17-13)22-11-8-6-5-7-10(11)21-4/h5-9,20H,16H2,1-4H3,(H,17,18,19). The molecular weight excluding hydrogens is 282 g/mol. The van der Waals surface area contributed by atoms with Crippen LogP contribution < -0.4 is 26.1 Å². The molecule has 1 heterocycles.